The number of carboxylic acid groups (broad SMARTS) is 1. The molecule has 1 fully saturated rings. The molecule has 3 aromatic rings. The first-order chi connectivity index (χ1) is 24.9. The average Bonchev–Trinajstić information content (AvgIpc) is 3.68. The van der Waals surface area contributed by atoms with Crippen molar-refractivity contribution in [2.24, 2.45) is 35.5 Å². The Kier molecular flexibility index (Phi) is 11.1. The van der Waals surface area contributed by atoms with Gasteiger partial charge in [-0.15, -0.1) is 0 Å². The zero-order valence-corrected chi connectivity index (χ0v) is 29.9. The fourth-order valence-corrected chi connectivity index (χ4v) is 10.2. The van der Waals surface area contributed by atoms with Crippen molar-refractivity contribution >= 4 is 24.4 Å². The first kappa shape index (κ1) is 35.2. The Hall–Kier alpha value is -4.18. The number of aromatic hydroxyl groups is 1. The molecule has 266 valence electrons. The fourth-order valence-electron chi connectivity index (χ4n) is 10.2. The number of hydrogen-bond donors (Lipinski definition) is 2. The van der Waals surface area contributed by atoms with Gasteiger partial charge in [0, 0.05) is 11.3 Å². The molecule has 0 aromatic heterocycles. The number of unbranched alkanes of at least 4 members (excludes halogenated alkanes) is 2. The molecule has 4 aliphatic carbocycles. The van der Waals surface area contributed by atoms with Crippen LogP contribution >= 0.6 is 0 Å². The smallest absolute Gasteiger partial charge is 0.307 e. The van der Waals surface area contributed by atoms with E-state index in [1.807, 2.05) is 12.1 Å². The van der Waals surface area contributed by atoms with E-state index < -0.39 is 17.3 Å². The van der Waals surface area contributed by atoms with Crippen LogP contribution < -0.4 is 10.4 Å². The molecule has 4 heteroatoms. The number of fused-ring (bicyclic) bond motifs is 5. The third-order valence-electron chi connectivity index (χ3n) is 13.0. The van der Waals surface area contributed by atoms with E-state index in [1.165, 1.54) is 33.4 Å². The summed E-state index contributed by atoms with van der Waals surface area (Å²) in [4.78, 5) is 25.1. The summed E-state index contributed by atoms with van der Waals surface area (Å²) in [5.41, 5.74) is 3.22. The highest BCUT2D eigenvalue weighted by Crippen LogP contribution is 2.52. The molecule has 8 atom stereocenters. The van der Waals surface area contributed by atoms with Crippen molar-refractivity contribution < 1.29 is 19.8 Å². The van der Waals surface area contributed by atoms with E-state index in [0.29, 0.717) is 30.1 Å². The number of rotatable bonds is 10. The van der Waals surface area contributed by atoms with Crippen molar-refractivity contribution in [2.45, 2.75) is 94.8 Å². The highest BCUT2D eigenvalue weighted by Gasteiger charge is 2.49. The molecule has 2 bridgehead atoms. The largest absolute Gasteiger partial charge is 0.508 e. The standard InChI is InChI=1S/C47H54O4/c48-32-40(34-12-4-5-13-34)18-3-1-2-14-35-15-8-9-20-45(46(50)51)47(26-25-39-29-37-16-6-7-17-38(37)30-41(39)31-47)42-19-10-11-33(27-42)28-44(35)36-21-23-43(49)24-22-36/h4,6-12,16-17,19,21-24,27,29-30,32,34-35,39-41,44-45,49H,1-3,5,13-15,18,20,25-26,28,31H2,(H,50,51)/b9-8+/t34-,35+,39-,40-,41-,44-,45+,47-/m1/s1. The summed E-state index contributed by atoms with van der Waals surface area (Å²) in [6, 6.07) is 25.4. The van der Waals surface area contributed by atoms with E-state index in [2.05, 4.69) is 97.1 Å². The van der Waals surface area contributed by atoms with Crippen molar-refractivity contribution in [3.8, 4) is 5.75 Å². The van der Waals surface area contributed by atoms with E-state index >= 15 is 0 Å². The summed E-state index contributed by atoms with van der Waals surface area (Å²) in [6.45, 7) is 0. The number of phenols is 1. The van der Waals surface area contributed by atoms with Crippen LogP contribution in [-0.4, -0.2) is 22.5 Å². The van der Waals surface area contributed by atoms with Gasteiger partial charge in [-0.2, -0.15) is 0 Å². The number of benzene rings is 3. The molecule has 1 saturated carbocycles. The van der Waals surface area contributed by atoms with Gasteiger partial charge in [-0.3, -0.25) is 4.79 Å². The van der Waals surface area contributed by atoms with Crippen LogP contribution in [-0.2, 0) is 21.4 Å². The van der Waals surface area contributed by atoms with Gasteiger partial charge in [-0.25, -0.2) is 0 Å². The summed E-state index contributed by atoms with van der Waals surface area (Å²) >= 11 is 0. The van der Waals surface area contributed by atoms with Crippen LogP contribution in [0.15, 0.2) is 97.1 Å². The molecule has 2 N–H and O–H groups in total. The molecule has 0 heterocycles. The predicted molar refractivity (Wildman–Crippen MR) is 206 cm³/mol. The monoisotopic (exact) mass is 682 g/mol. The Balaban J connectivity index is 1.17. The Morgan fingerprint density at radius 1 is 0.863 bits per heavy atom. The van der Waals surface area contributed by atoms with Crippen molar-refractivity contribution in [2.75, 3.05) is 0 Å². The molecule has 1 spiro atoms. The number of carbonyl (C=O) groups excluding carboxylic acids is 1. The SMILES string of the molecule is O=C[C@@H](CCCCC[C@H]1C/C=C/C[C@@H](C(=O)O)[C@@]2(CC[C@@H]3C=c4ccccc4=C[C@@H]3C2)c2cccc(c2)C[C@H]1c1ccc(O)cc1)[C@@H]1C=CCC1. The lowest BCUT2D eigenvalue weighted by molar-refractivity contribution is -0.145. The molecule has 7 rings (SSSR count). The molecule has 51 heavy (non-hydrogen) atoms. The van der Waals surface area contributed by atoms with E-state index in [0.717, 1.165) is 77.0 Å². The molecule has 0 aliphatic heterocycles. The number of carboxylic acids is 1. The maximum absolute atomic E-state index is 13.3. The first-order valence-corrected chi connectivity index (χ1v) is 19.6. The van der Waals surface area contributed by atoms with Gasteiger partial charge in [0.2, 0.25) is 0 Å². The molecule has 0 amide bonds. The number of aliphatic carboxylic acids is 1. The van der Waals surface area contributed by atoms with E-state index in [1.54, 1.807) is 0 Å². The summed E-state index contributed by atoms with van der Waals surface area (Å²) in [5, 5.41) is 23.7. The van der Waals surface area contributed by atoms with Crippen LogP contribution in [0, 0.1) is 35.5 Å². The minimum absolute atomic E-state index is 0.135. The molecule has 4 aliphatic rings. The van der Waals surface area contributed by atoms with Crippen LogP contribution in [0.2, 0.25) is 0 Å². The summed E-state index contributed by atoms with van der Waals surface area (Å²) in [5.74, 6) is 1.00. The van der Waals surface area contributed by atoms with Crippen molar-refractivity contribution in [1.82, 2.24) is 0 Å². The molecular weight excluding hydrogens is 629 g/mol. The molecule has 0 radical (unpaired) electrons. The van der Waals surface area contributed by atoms with Gasteiger partial charge >= 0.3 is 5.97 Å². The molecule has 0 unspecified atom stereocenters. The molecule has 0 saturated heterocycles. The quantitative estimate of drug-likeness (QED) is 0.127. The molecular formula is C47H54O4. The fraction of sp³-hybridized carbons (Fsp3) is 0.447. The summed E-state index contributed by atoms with van der Waals surface area (Å²) in [6.07, 6.45) is 27.4. The minimum atomic E-state index is -0.694. The molecule has 3 aromatic carbocycles. The highest BCUT2D eigenvalue weighted by molar-refractivity contribution is 5.73. The number of hydrogen-bond acceptors (Lipinski definition) is 3. The maximum Gasteiger partial charge on any atom is 0.307 e. The second-order valence-electron chi connectivity index (χ2n) is 16.0. The minimum Gasteiger partial charge on any atom is -0.508 e. The maximum atomic E-state index is 13.3. The van der Waals surface area contributed by atoms with Gasteiger partial charge < -0.3 is 15.0 Å². The zero-order valence-electron chi connectivity index (χ0n) is 29.9. The second kappa shape index (κ2) is 16.0. The van der Waals surface area contributed by atoms with E-state index in [-0.39, 0.29) is 17.6 Å². The van der Waals surface area contributed by atoms with E-state index in [9.17, 15) is 19.8 Å². The van der Waals surface area contributed by atoms with Crippen LogP contribution in [0.25, 0.3) is 12.2 Å². The lowest BCUT2D eigenvalue weighted by Gasteiger charge is -2.48. The summed E-state index contributed by atoms with van der Waals surface area (Å²) < 4.78 is 0. The van der Waals surface area contributed by atoms with E-state index in [4.69, 9.17) is 0 Å². The third kappa shape index (κ3) is 7.86. The lowest BCUT2D eigenvalue weighted by atomic mass is 9.55. The topological polar surface area (TPSA) is 74.6 Å². The first-order valence-electron chi connectivity index (χ1n) is 19.6. The van der Waals surface area contributed by atoms with Crippen molar-refractivity contribution in [3.63, 3.8) is 0 Å². The lowest BCUT2D eigenvalue weighted by Crippen LogP contribution is -2.47. The number of phenolic OH excluding ortho intramolecular Hbond substituents is 1. The third-order valence-corrected chi connectivity index (χ3v) is 13.0. The normalized spacial score (nSPS) is 29.6. The number of allylic oxidation sites excluding steroid dienone is 4. The van der Waals surface area contributed by atoms with Gasteiger partial charge in [0.15, 0.2) is 0 Å². The Morgan fingerprint density at radius 2 is 1.65 bits per heavy atom. The Morgan fingerprint density at radius 3 is 2.39 bits per heavy atom. The second-order valence-corrected chi connectivity index (χ2v) is 16.0. The Labute approximate surface area is 303 Å². The molecule has 4 nitrogen and oxygen atoms in total. The average molecular weight is 683 g/mol. The predicted octanol–water partition coefficient (Wildman–Crippen LogP) is 9.05. The summed E-state index contributed by atoms with van der Waals surface area (Å²) in [7, 11) is 0. The van der Waals surface area contributed by atoms with Gasteiger partial charge in [0.05, 0.1) is 5.92 Å². The van der Waals surface area contributed by atoms with Crippen LogP contribution in [0.4, 0.5) is 0 Å². The Bertz CT molecular complexity index is 1850. The van der Waals surface area contributed by atoms with Gasteiger partial charge in [0.1, 0.15) is 12.0 Å². The van der Waals surface area contributed by atoms with Crippen molar-refractivity contribution in [3.05, 3.63) is 124 Å². The van der Waals surface area contributed by atoms with Crippen LogP contribution in [0.5, 0.6) is 5.75 Å². The number of carbonyl (C=O) groups is 2. The van der Waals surface area contributed by atoms with Crippen LogP contribution in [0.1, 0.15) is 99.7 Å². The van der Waals surface area contributed by atoms with Gasteiger partial charge in [-0.1, -0.05) is 116 Å². The van der Waals surface area contributed by atoms with Gasteiger partial charge in [0.25, 0.3) is 0 Å². The van der Waals surface area contributed by atoms with Gasteiger partial charge in [-0.05, 0) is 133 Å². The highest BCUT2D eigenvalue weighted by atomic mass is 16.4. The number of aldehydes is 1. The van der Waals surface area contributed by atoms with Crippen molar-refractivity contribution in [1.29, 1.82) is 0 Å². The zero-order chi connectivity index (χ0) is 35.2. The van der Waals surface area contributed by atoms with Crippen LogP contribution in [0.3, 0.4) is 0 Å².